The second kappa shape index (κ2) is 7.42. The topological polar surface area (TPSA) is 80.9 Å². The molecule has 2 heterocycles. The zero-order valence-electron chi connectivity index (χ0n) is 12.7. The van der Waals surface area contributed by atoms with Gasteiger partial charge in [0.2, 0.25) is 5.91 Å². The van der Waals surface area contributed by atoms with E-state index in [2.05, 4.69) is 20.7 Å². The van der Waals surface area contributed by atoms with Crippen molar-refractivity contribution in [1.82, 2.24) is 9.97 Å². The predicted molar refractivity (Wildman–Crippen MR) is 97.5 cm³/mol. The minimum Gasteiger partial charge on any atom is -0.368 e. The van der Waals surface area contributed by atoms with Crippen molar-refractivity contribution in [3.8, 4) is 10.6 Å². The summed E-state index contributed by atoms with van der Waals surface area (Å²) in [5, 5.41) is 6.57. The number of aromatic nitrogens is 2. The molecule has 122 valence electrons. The summed E-state index contributed by atoms with van der Waals surface area (Å²) in [6.45, 7) is 0.639. The summed E-state index contributed by atoms with van der Waals surface area (Å²) in [5.74, 6) is -0.0213. The van der Waals surface area contributed by atoms with Crippen LogP contribution in [0, 0.1) is 0 Å². The average molecular weight is 359 g/mol. The van der Waals surface area contributed by atoms with Crippen molar-refractivity contribution in [3.63, 3.8) is 0 Å². The molecule has 0 radical (unpaired) electrons. The first kappa shape index (κ1) is 16.4. The van der Waals surface area contributed by atoms with Crippen LogP contribution in [-0.4, -0.2) is 22.4 Å². The number of amides is 1. The molecule has 5 nitrogen and oxygen atoms in total. The fraction of sp³-hybridized carbons (Fsp3) is 0.118. The number of hydrogen-bond acceptors (Lipinski definition) is 5. The fourth-order valence-electron chi connectivity index (χ4n) is 2.15. The van der Waals surface area contributed by atoms with E-state index in [1.165, 1.54) is 12.3 Å². The number of nitrogens with two attached hydrogens (primary N) is 1. The van der Waals surface area contributed by atoms with Crippen LogP contribution in [-0.2, 0) is 6.42 Å². The lowest BCUT2D eigenvalue weighted by Gasteiger charge is -2.07. The Hall–Kier alpha value is -2.44. The standard InChI is InChI=1S/C17H15ClN4OS/c18-14-8-12(15(19)23)9-21-16(14)20-7-6-13-10-24-17(22-13)11-4-2-1-3-5-11/h1-5,8-10H,6-7H2,(H2,19,23)(H,20,21). The Morgan fingerprint density at radius 1 is 1.29 bits per heavy atom. The van der Waals surface area contributed by atoms with Gasteiger partial charge in [-0.1, -0.05) is 41.9 Å². The molecule has 3 N–H and O–H groups in total. The van der Waals surface area contributed by atoms with Crippen molar-refractivity contribution >= 4 is 34.7 Å². The van der Waals surface area contributed by atoms with E-state index < -0.39 is 5.91 Å². The molecular weight excluding hydrogens is 344 g/mol. The first-order chi connectivity index (χ1) is 11.6. The smallest absolute Gasteiger partial charge is 0.250 e. The molecule has 0 aliphatic rings. The van der Waals surface area contributed by atoms with Crippen LogP contribution in [0.1, 0.15) is 16.1 Å². The second-order valence-corrected chi connectivity index (χ2v) is 6.37. The van der Waals surface area contributed by atoms with Crippen LogP contribution in [0.3, 0.4) is 0 Å². The van der Waals surface area contributed by atoms with Crippen LogP contribution in [0.2, 0.25) is 5.02 Å². The van der Waals surface area contributed by atoms with Crippen molar-refractivity contribution in [3.05, 3.63) is 64.3 Å². The third-order valence-corrected chi connectivity index (χ3v) is 4.60. The summed E-state index contributed by atoms with van der Waals surface area (Å²) < 4.78 is 0. The Kier molecular flexibility index (Phi) is 5.08. The van der Waals surface area contributed by atoms with E-state index in [9.17, 15) is 4.79 Å². The van der Waals surface area contributed by atoms with Crippen LogP contribution in [0.5, 0.6) is 0 Å². The lowest BCUT2D eigenvalue weighted by molar-refractivity contribution is 0.1000. The quantitative estimate of drug-likeness (QED) is 0.705. The Balaban J connectivity index is 1.59. The van der Waals surface area contributed by atoms with E-state index in [-0.39, 0.29) is 5.56 Å². The number of rotatable bonds is 6. The largest absolute Gasteiger partial charge is 0.368 e. The number of nitrogens with zero attached hydrogens (tertiary/aromatic N) is 2. The number of primary amides is 1. The van der Waals surface area contributed by atoms with Crippen molar-refractivity contribution in [2.24, 2.45) is 5.73 Å². The summed E-state index contributed by atoms with van der Waals surface area (Å²) in [5.41, 5.74) is 7.61. The van der Waals surface area contributed by atoms with E-state index in [4.69, 9.17) is 17.3 Å². The minimum absolute atomic E-state index is 0.289. The molecule has 24 heavy (non-hydrogen) atoms. The van der Waals surface area contributed by atoms with Crippen molar-refractivity contribution in [2.75, 3.05) is 11.9 Å². The number of hydrogen-bond donors (Lipinski definition) is 2. The summed E-state index contributed by atoms with van der Waals surface area (Å²) in [7, 11) is 0. The molecule has 0 spiro atoms. The van der Waals surface area contributed by atoms with Gasteiger partial charge in [0.05, 0.1) is 16.3 Å². The Morgan fingerprint density at radius 2 is 2.08 bits per heavy atom. The molecule has 1 aromatic carbocycles. The average Bonchev–Trinajstić information content (AvgIpc) is 3.06. The molecule has 2 aromatic heterocycles. The minimum atomic E-state index is -0.549. The van der Waals surface area contributed by atoms with Crippen LogP contribution in [0.25, 0.3) is 10.6 Å². The van der Waals surface area contributed by atoms with Gasteiger partial charge in [-0.15, -0.1) is 11.3 Å². The molecule has 7 heteroatoms. The van der Waals surface area contributed by atoms with Gasteiger partial charge < -0.3 is 11.1 Å². The molecule has 3 rings (SSSR count). The van der Waals surface area contributed by atoms with Gasteiger partial charge in [-0.25, -0.2) is 9.97 Å². The number of carbonyl (C=O) groups excluding carboxylic acids is 1. The fourth-order valence-corrected chi connectivity index (χ4v) is 3.24. The maximum atomic E-state index is 11.1. The Bertz CT molecular complexity index is 851. The summed E-state index contributed by atoms with van der Waals surface area (Å²) in [4.78, 5) is 19.8. The van der Waals surface area contributed by atoms with Crippen molar-refractivity contribution in [2.45, 2.75) is 6.42 Å². The molecular formula is C17H15ClN4OS. The number of carbonyl (C=O) groups is 1. The number of halogens is 1. The van der Waals surface area contributed by atoms with Gasteiger partial charge in [-0.3, -0.25) is 4.79 Å². The monoisotopic (exact) mass is 358 g/mol. The lowest BCUT2D eigenvalue weighted by Crippen LogP contribution is -2.12. The predicted octanol–water partition coefficient (Wildman–Crippen LogP) is 3.61. The summed E-state index contributed by atoms with van der Waals surface area (Å²) >= 11 is 7.72. The molecule has 3 aromatic rings. The first-order valence-corrected chi connectivity index (χ1v) is 8.58. The van der Waals surface area contributed by atoms with Gasteiger partial charge in [0.15, 0.2) is 0 Å². The normalized spacial score (nSPS) is 10.5. The number of nitrogens with one attached hydrogen (secondary N) is 1. The third-order valence-electron chi connectivity index (χ3n) is 3.37. The zero-order valence-corrected chi connectivity index (χ0v) is 14.3. The molecule has 0 bridgehead atoms. The van der Waals surface area contributed by atoms with Crippen molar-refractivity contribution in [1.29, 1.82) is 0 Å². The van der Waals surface area contributed by atoms with Crippen molar-refractivity contribution < 1.29 is 4.79 Å². The zero-order chi connectivity index (χ0) is 16.9. The molecule has 0 atom stereocenters. The van der Waals surface area contributed by atoms with Gasteiger partial charge in [0.1, 0.15) is 10.8 Å². The first-order valence-electron chi connectivity index (χ1n) is 7.32. The highest BCUT2D eigenvalue weighted by Gasteiger charge is 2.08. The van der Waals surface area contributed by atoms with E-state index in [1.807, 2.05) is 30.3 Å². The SMILES string of the molecule is NC(=O)c1cnc(NCCc2csc(-c3ccccc3)n2)c(Cl)c1. The highest BCUT2D eigenvalue weighted by atomic mass is 35.5. The maximum Gasteiger partial charge on any atom is 0.250 e. The molecule has 0 saturated carbocycles. The van der Waals surface area contributed by atoms with Crippen LogP contribution in [0.4, 0.5) is 5.82 Å². The lowest BCUT2D eigenvalue weighted by atomic mass is 10.2. The number of benzene rings is 1. The number of anilines is 1. The van der Waals surface area contributed by atoms with Gasteiger partial charge in [-0.2, -0.15) is 0 Å². The Labute approximate surface area is 148 Å². The van der Waals surface area contributed by atoms with E-state index in [1.54, 1.807) is 11.3 Å². The molecule has 0 fully saturated rings. The van der Waals surface area contributed by atoms with Gasteiger partial charge >= 0.3 is 0 Å². The second-order valence-electron chi connectivity index (χ2n) is 5.11. The molecule has 0 unspecified atom stereocenters. The highest BCUT2D eigenvalue weighted by molar-refractivity contribution is 7.13. The summed E-state index contributed by atoms with van der Waals surface area (Å²) in [6, 6.07) is 11.6. The molecule has 1 amide bonds. The van der Waals surface area contributed by atoms with Gasteiger partial charge in [0.25, 0.3) is 0 Å². The number of thiazole rings is 1. The van der Waals surface area contributed by atoms with Crippen LogP contribution in [0.15, 0.2) is 48.0 Å². The van der Waals surface area contributed by atoms with Gasteiger partial charge in [-0.05, 0) is 6.07 Å². The molecule has 0 aliphatic heterocycles. The van der Waals surface area contributed by atoms with E-state index in [0.717, 1.165) is 22.7 Å². The molecule has 0 saturated heterocycles. The van der Waals surface area contributed by atoms with Gasteiger partial charge in [0, 0.05) is 30.1 Å². The highest BCUT2D eigenvalue weighted by Crippen LogP contribution is 2.24. The van der Waals surface area contributed by atoms with Crippen LogP contribution < -0.4 is 11.1 Å². The Morgan fingerprint density at radius 3 is 2.79 bits per heavy atom. The molecule has 0 aliphatic carbocycles. The van der Waals surface area contributed by atoms with Crippen LogP contribution >= 0.6 is 22.9 Å². The maximum absolute atomic E-state index is 11.1. The van der Waals surface area contributed by atoms with E-state index >= 15 is 0 Å². The third kappa shape index (κ3) is 3.90. The number of pyridine rings is 1. The summed E-state index contributed by atoms with van der Waals surface area (Å²) in [6.07, 6.45) is 2.16. The van der Waals surface area contributed by atoms with E-state index in [0.29, 0.717) is 17.4 Å².